The molecule has 82 valence electrons. The van der Waals surface area contributed by atoms with Crippen molar-refractivity contribution in [3.63, 3.8) is 0 Å². The first kappa shape index (κ1) is 11.5. The predicted octanol–water partition coefficient (Wildman–Crippen LogP) is -0.338. The van der Waals surface area contributed by atoms with Gasteiger partial charge in [-0.15, -0.1) is 0 Å². The van der Waals surface area contributed by atoms with Crippen molar-refractivity contribution in [1.29, 1.82) is 0 Å². The zero-order valence-electron chi connectivity index (χ0n) is 9.34. The second kappa shape index (κ2) is 5.32. The van der Waals surface area contributed by atoms with Gasteiger partial charge in [0.25, 0.3) is 0 Å². The fourth-order valence-electron chi connectivity index (χ4n) is 1.82. The molecule has 1 aliphatic rings. The summed E-state index contributed by atoms with van der Waals surface area (Å²) in [6.45, 7) is 7.65. The van der Waals surface area contributed by atoms with Crippen LogP contribution < -0.4 is 10.6 Å². The number of hydrogen-bond donors (Lipinski definition) is 2. The van der Waals surface area contributed by atoms with E-state index in [-0.39, 0.29) is 11.9 Å². The molecule has 0 radical (unpaired) electrons. The highest BCUT2D eigenvalue weighted by molar-refractivity contribution is 5.82. The van der Waals surface area contributed by atoms with Crippen LogP contribution in [0.1, 0.15) is 13.8 Å². The van der Waals surface area contributed by atoms with Gasteiger partial charge in [0.1, 0.15) is 0 Å². The zero-order chi connectivity index (χ0) is 10.6. The Kier molecular flexibility index (Phi) is 4.35. The summed E-state index contributed by atoms with van der Waals surface area (Å²) in [5, 5.41) is 6.33. The minimum Gasteiger partial charge on any atom is -0.339 e. The van der Waals surface area contributed by atoms with Gasteiger partial charge in [-0.1, -0.05) is 13.8 Å². The third-order valence-electron chi connectivity index (χ3n) is 2.67. The molecule has 1 amide bonds. The van der Waals surface area contributed by atoms with Crippen LogP contribution in [0.4, 0.5) is 0 Å². The van der Waals surface area contributed by atoms with Gasteiger partial charge < -0.3 is 15.5 Å². The summed E-state index contributed by atoms with van der Waals surface area (Å²) in [7, 11) is 1.85. The van der Waals surface area contributed by atoms with Crippen molar-refractivity contribution in [2.24, 2.45) is 5.92 Å². The molecule has 1 saturated heterocycles. The standard InChI is InChI=1S/C10H21N3O/c1-8(2)9(11-3)10(14)13-6-4-12-5-7-13/h8-9,11-12H,4-7H2,1-3H3. The van der Waals surface area contributed by atoms with Crippen LogP contribution in [-0.2, 0) is 4.79 Å². The molecule has 1 aliphatic heterocycles. The Morgan fingerprint density at radius 2 is 1.93 bits per heavy atom. The molecule has 0 saturated carbocycles. The summed E-state index contributed by atoms with van der Waals surface area (Å²) in [6.07, 6.45) is 0. The topological polar surface area (TPSA) is 44.4 Å². The number of carbonyl (C=O) groups excluding carboxylic acids is 1. The van der Waals surface area contributed by atoms with E-state index in [1.54, 1.807) is 0 Å². The smallest absolute Gasteiger partial charge is 0.240 e. The molecule has 1 heterocycles. The van der Waals surface area contributed by atoms with Gasteiger partial charge >= 0.3 is 0 Å². The van der Waals surface area contributed by atoms with E-state index in [9.17, 15) is 4.79 Å². The highest BCUT2D eigenvalue weighted by Gasteiger charge is 2.26. The van der Waals surface area contributed by atoms with Gasteiger partial charge in [-0.2, -0.15) is 0 Å². The Morgan fingerprint density at radius 1 is 1.36 bits per heavy atom. The Hall–Kier alpha value is -0.610. The molecule has 0 aliphatic carbocycles. The third kappa shape index (κ3) is 2.69. The minimum atomic E-state index is -0.0342. The molecule has 14 heavy (non-hydrogen) atoms. The van der Waals surface area contributed by atoms with Crippen LogP contribution in [0.15, 0.2) is 0 Å². The Labute approximate surface area is 86.0 Å². The quantitative estimate of drug-likeness (QED) is 0.654. The summed E-state index contributed by atoms with van der Waals surface area (Å²) in [4.78, 5) is 13.9. The molecular weight excluding hydrogens is 178 g/mol. The number of amides is 1. The maximum Gasteiger partial charge on any atom is 0.240 e. The Balaban J connectivity index is 2.52. The summed E-state index contributed by atoms with van der Waals surface area (Å²) in [5.74, 6) is 0.589. The fraction of sp³-hybridized carbons (Fsp3) is 0.900. The molecule has 1 atom stereocenters. The zero-order valence-corrected chi connectivity index (χ0v) is 9.34. The lowest BCUT2D eigenvalue weighted by atomic mass is 10.0. The lowest BCUT2D eigenvalue weighted by molar-refractivity contribution is -0.135. The summed E-state index contributed by atoms with van der Waals surface area (Å²) in [6, 6.07) is -0.0342. The van der Waals surface area contributed by atoms with E-state index < -0.39 is 0 Å². The number of hydrogen-bond acceptors (Lipinski definition) is 3. The van der Waals surface area contributed by atoms with Crippen LogP contribution in [0, 0.1) is 5.92 Å². The van der Waals surface area contributed by atoms with E-state index in [4.69, 9.17) is 0 Å². The van der Waals surface area contributed by atoms with Crippen molar-refractivity contribution in [2.75, 3.05) is 33.2 Å². The van der Waals surface area contributed by atoms with E-state index >= 15 is 0 Å². The monoisotopic (exact) mass is 199 g/mol. The molecule has 4 nitrogen and oxygen atoms in total. The predicted molar refractivity (Wildman–Crippen MR) is 57.1 cm³/mol. The van der Waals surface area contributed by atoms with Gasteiger partial charge in [-0.25, -0.2) is 0 Å². The average Bonchev–Trinajstić information content (AvgIpc) is 2.19. The van der Waals surface area contributed by atoms with E-state index in [2.05, 4.69) is 24.5 Å². The largest absolute Gasteiger partial charge is 0.339 e. The Morgan fingerprint density at radius 3 is 2.36 bits per heavy atom. The maximum absolute atomic E-state index is 12.0. The van der Waals surface area contributed by atoms with E-state index in [1.165, 1.54) is 0 Å². The first-order valence-electron chi connectivity index (χ1n) is 5.33. The molecule has 1 unspecified atom stereocenters. The number of rotatable bonds is 3. The Bertz CT molecular complexity index is 188. The van der Waals surface area contributed by atoms with Crippen LogP contribution in [0.2, 0.25) is 0 Å². The lowest BCUT2D eigenvalue weighted by Gasteiger charge is -2.32. The first-order valence-corrected chi connectivity index (χ1v) is 5.33. The van der Waals surface area contributed by atoms with Crippen molar-refractivity contribution in [3.8, 4) is 0 Å². The van der Waals surface area contributed by atoms with Crippen LogP contribution in [0.3, 0.4) is 0 Å². The van der Waals surface area contributed by atoms with E-state index in [0.717, 1.165) is 26.2 Å². The summed E-state index contributed by atoms with van der Waals surface area (Å²) in [5.41, 5.74) is 0. The SMILES string of the molecule is CNC(C(=O)N1CCNCC1)C(C)C. The molecule has 2 N–H and O–H groups in total. The molecule has 0 aromatic rings. The second-order valence-corrected chi connectivity index (χ2v) is 4.09. The molecule has 1 rings (SSSR count). The van der Waals surface area contributed by atoms with Crippen molar-refractivity contribution >= 4 is 5.91 Å². The molecule has 0 bridgehead atoms. The summed E-state index contributed by atoms with van der Waals surface area (Å²) >= 11 is 0. The van der Waals surface area contributed by atoms with Crippen LogP contribution >= 0.6 is 0 Å². The molecular formula is C10H21N3O. The molecule has 0 spiro atoms. The van der Waals surface area contributed by atoms with Gasteiger partial charge in [0.05, 0.1) is 6.04 Å². The summed E-state index contributed by atoms with van der Waals surface area (Å²) < 4.78 is 0. The third-order valence-corrected chi connectivity index (χ3v) is 2.67. The van der Waals surface area contributed by atoms with Crippen molar-refractivity contribution in [2.45, 2.75) is 19.9 Å². The van der Waals surface area contributed by atoms with Crippen molar-refractivity contribution in [1.82, 2.24) is 15.5 Å². The molecule has 0 aromatic carbocycles. The number of carbonyl (C=O) groups is 1. The lowest BCUT2D eigenvalue weighted by Crippen LogP contribution is -2.54. The van der Waals surface area contributed by atoms with Crippen LogP contribution in [-0.4, -0.2) is 50.1 Å². The maximum atomic E-state index is 12.0. The number of nitrogens with zero attached hydrogens (tertiary/aromatic N) is 1. The van der Waals surface area contributed by atoms with Gasteiger partial charge in [0.15, 0.2) is 0 Å². The average molecular weight is 199 g/mol. The van der Waals surface area contributed by atoms with E-state index in [1.807, 2.05) is 11.9 Å². The highest BCUT2D eigenvalue weighted by Crippen LogP contribution is 2.06. The fourth-order valence-corrected chi connectivity index (χ4v) is 1.82. The first-order chi connectivity index (χ1) is 6.66. The second-order valence-electron chi connectivity index (χ2n) is 4.09. The molecule has 0 aromatic heterocycles. The minimum absolute atomic E-state index is 0.0342. The number of nitrogens with one attached hydrogen (secondary N) is 2. The van der Waals surface area contributed by atoms with Gasteiger partial charge in [-0.05, 0) is 13.0 Å². The normalized spacial score (nSPS) is 19.9. The molecule has 1 fully saturated rings. The number of likely N-dealkylation sites (N-methyl/N-ethyl adjacent to an activating group) is 1. The van der Waals surface area contributed by atoms with Gasteiger partial charge in [0, 0.05) is 26.2 Å². The van der Waals surface area contributed by atoms with Crippen molar-refractivity contribution in [3.05, 3.63) is 0 Å². The van der Waals surface area contributed by atoms with Crippen molar-refractivity contribution < 1.29 is 4.79 Å². The van der Waals surface area contributed by atoms with E-state index in [0.29, 0.717) is 5.92 Å². The molecule has 4 heteroatoms. The van der Waals surface area contributed by atoms with Crippen LogP contribution in [0.5, 0.6) is 0 Å². The number of piperazine rings is 1. The highest BCUT2D eigenvalue weighted by atomic mass is 16.2. The van der Waals surface area contributed by atoms with Gasteiger partial charge in [0.2, 0.25) is 5.91 Å². The van der Waals surface area contributed by atoms with Crippen LogP contribution in [0.25, 0.3) is 0 Å². The van der Waals surface area contributed by atoms with Gasteiger partial charge in [-0.3, -0.25) is 4.79 Å².